The molecule has 0 aliphatic heterocycles. The molecule has 0 radical (unpaired) electrons. The van der Waals surface area contributed by atoms with E-state index >= 15 is 0 Å². The molecule has 3 nitrogen and oxygen atoms in total. The molecule has 0 unspecified atom stereocenters. The van der Waals surface area contributed by atoms with Crippen molar-refractivity contribution in [2.24, 2.45) is 0 Å². The lowest BCUT2D eigenvalue weighted by atomic mass is 10.1. The molecule has 0 N–H and O–H groups in total. The van der Waals surface area contributed by atoms with E-state index in [0.29, 0.717) is 0 Å². The summed E-state index contributed by atoms with van der Waals surface area (Å²) < 4.78 is 30.7. The number of ether oxygens (including phenoxy) is 1. The topological polar surface area (TPSA) is 43.4 Å². The summed E-state index contributed by atoms with van der Waals surface area (Å²) in [4.78, 5) is 21.2. The van der Waals surface area contributed by atoms with Gasteiger partial charge in [-0.25, -0.2) is 8.78 Å². The maximum atomic E-state index is 13.4. The van der Waals surface area contributed by atoms with Gasteiger partial charge in [-0.2, -0.15) is 0 Å². The van der Waals surface area contributed by atoms with Crippen molar-refractivity contribution in [2.45, 2.75) is 6.42 Å². The van der Waals surface area contributed by atoms with Gasteiger partial charge in [0.05, 0.1) is 19.1 Å². The summed E-state index contributed by atoms with van der Waals surface area (Å²) in [6, 6.07) is 1.95. The average molecular weight is 214 g/mol. The second-order valence-corrected chi connectivity index (χ2v) is 2.80. The number of benzene rings is 1. The predicted molar refractivity (Wildman–Crippen MR) is 47.5 cm³/mol. The Bertz CT molecular complexity index is 402. The minimum atomic E-state index is -1.02. The van der Waals surface area contributed by atoms with Crippen LogP contribution in [0.5, 0.6) is 0 Å². The lowest BCUT2D eigenvalue weighted by Gasteiger charge is -2.05. The average Bonchev–Trinajstić information content (AvgIpc) is 2.24. The first kappa shape index (κ1) is 11.3. The molecule has 0 saturated carbocycles. The Labute approximate surface area is 84.7 Å². The van der Waals surface area contributed by atoms with E-state index in [9.17, 15) is 18.4 Å². The first-order valence-corrected chi connectivity index (χ1v) is 4.09. The van der Waals surface area contributed by atoms with Crippen LogP contribution >= 0.6 is 0 Å². The van der Waals surface area contributed by atoms with Crippen molar-refractivity contribution < 1.29 is 23.1 Å². The van der Waals surface area contributed by atoms with E-state index in [1.165, 1.54) is 0 Å². The molecule has 0 fully saturated rings. The Morgan fingerprint density at radius 1 is 1.47 bits per heavy atom. The Balaban J connectivity index is 3.15. The zero-order valence-corrected chi connectivity index (χ0v) is 7.92. The summed E-state index contributed by atoms with van der Waals surface area (Å²) in [6.45, 7) is 0. The largest absolute Gasteiger partial charge is 0.469 e. The normalized spacial score (nSPS) is 9.80. The third-order valence-corrected chi connectivity index (χ3v) is 1.89. The van der Waals surface area contributed by atoms with Crippen molar-refractivity contribution in [3.05, 3.63) is 34.9 Å². The quantitative estimate of drug-likeness (QED) is 0.565. The maximum absolute atomic E-state index is 13.4. The number of esters is 1. The number of aldehydes is 1. The number of rotatable bonds is 3. The van der Waals surface area contributed by atoms with Gasteiger partial charge in [-0.15, -0.1) is 0 Å². The van der Waals surface area contributed by atoms with E-state index in [4.69, 9.17) is 0 Å². The van der Waals surface area contributed by atoms with Crippen molar-refractivity contribution in [3.63, 3.8) is 0 Å². The fraction of sp³-hybridized carbons (Fsp3) is 0.200. The molecule has 1 rings (SSSR count). The molecular formula is C10H8F2O3. The van der Waals surface area contributed by atoms with Gasteiger partial charge in [0, 0.05) is 5.56 Å². The summed E-state index contributed by atoms with van der Waals surface area (Å²) in [7, 11) is 1.11. The van der Waals surface area contributed by atoms with Crippen LogP contribution in [-0.4, -0.2) is 19.4 Å². The van der Waals surface area contributed by atoms with E-state index in [2.05, 4.69) is 4.74 Å². The second kappa shape index (κ2) is 4.63. The number of hydrogen-bond acceptors (Lipinski definition) is 3. The molecule has 1 aromatic carbocycles. The SMILES string of the molecule is COC(=O)Cc1c(F)ccc(C=O)c1F. The molecule has 0 heterocycles. The number of hydrogen-bond donors (Lipinski definition) is 0. The monoisotopic (exact) mass is 214 g/mol. The third kappa shape index (κ3) is 2.37. The van der Waals surface area contributed by atoms with E-state index in [1.807, 2.05) is 0 Å². The van der Waals surface area contributed by atoms with E-state index in [-0.39, 0.29) is 11.8 Å². The van der Waals surface area contributed by atoms with Crippen LogP contribution in [-0.2, 0) is 16.0 Å². The Morgan fingerprint density at radius 2 is 2.13 bits per heavy atom. The fourth-order valence-electron chi connectivity index (χ4n) is 1.09. The van der Waals surface area contributed by atoms with Crippen LogP contribution in [0.2, 0.25) is 0 Å². The van der Waals surface area contributed by atoms with E-state index < -0.39 is 29.6 Å². The minimum Gasteiger partial charge on any atom is -0.469 e. The molecule has 0 bridgehead atoms. The van der Waals surface area contributed by atoms with Gasteiger partial charge in [-0.1, -0.05) is 0 Å². The predicted octanol–water partition coefficient (Wildman–Crippen LogP) is 1.49. The molecule has 0 spiro atoms. The van der Waals surface area contributed by atoms with Crippen LogP contribution in [0.25, 0.3) is 0 Å². The first-order valence-electron chi connectivity index (χ1n) is 4.09. The van der Waals surface area contributed by atoms with Gasteiger partial charge in [0.1, 0.15) is 11.6 Å². The van der Waals surface area contributed by atoms with E-state index in [0.717, 1.165) is 19.2 Å². The summed E-state index contributed by atoms with van der Waals surface area (Å²) in [5, 5.41) is 0. The Hall–Kier alpha value is -1.78. The van der Waals surface area contributed by atoms with Crippen LogP contribution < -0.4 is 0 Å². The van der Waals surface area contributed by atoms with Gasteiger partial charge in [0.2, 0.25) is 0 Å². The first-order chi connectivity index (χ1) is 7.10. The molecule has 0 saturated heterocycles. The van der Waals surface area contributed by atoms with Crippen molar-refractivity contribution in [3.8, 4) is 0 Å². The van der Waals surface area contributed by atoms with E-state index in [1.54, 1.807) is 0 Å². The number of methoxy groups -OCH3 is 1. The van der Waals surface area contributed by atoms with Crippen LogP contribution in [0.1, 0.15) is 15.9 Å². The van der Waals surface area contributed by atoms with Crippen molar-refractivity contribution in [1.29, 1.82) is 0 Å². The van der Waals surface area contributed by atoms with Crippen molar-refractivity contribution in [2.75, 3.05) is 7.11 Å². The lowest BCUT2D eigenvalue weighted by molar-refractivity contribution is -0.139. The highest BCUT2D eigenvalue weighted by Gasteiger charge is 2.16. The van der Waals surface area contributed by atoms with Gasteiger partial charge < -0.3 is 4.74 Å². The van der Waals surface area contributed by atoms with Crippen molar-refractivity contribution in [1.82, 2.24) is 0 Å². The molecular weight excluding hydrogens is 206 g/mol. The molecule has 15 heavy (non-hydrogen) atoms. The van der Waals surface area contributed by atoms with Crippen LogP contribution in [0.4, 0.5) is 8.78 Å². The van der Waals surface area contributed by atoms with Crippen LogP contribution in [0, 0.1) is 11.6 Å². The van der Waals surface area contributed by atoms with Gasteiger partial charge in [0.15, 0.2) is 6.29 Å². The molecule has 80 valence electrons. The maximum Gasteiger partial charge on any atom is 0.310 e. The number of halogens is 2. The molecule has 1 aromatic rings. The van der Waals surface area contributed by atoms with Crippen LogP contribution in [0.15, 0.2) is 12.1 Å². The van der Waals surface area contributed by atoms with Crippen molar-refractivity contribution >= 4 is 12.3 Å². The summed E-state index contributed by atoms with van der Waals surface area (Å²) in [5.41, 5.74) is -0.734. The number of carbonyl (C=O) groups excluding carboxylic acids is 2. The zero-order valence-electron chi connectivity index (χ0n) is 7.92. The van der Waals surface area contributed by atoms with Crippen LogP contribution in [0.3, 0.4) is 0 Å². The standard InChI is InChI=1S/C10H8F2O3/c1-15-9(14)4-7-8(11)3-2-6(5-13)10(7)12/h2-3,5H,4H2,1H3. The highest BCUT2D eigenvalue weighted by Crippen LogP contribution is 2.16. The van der Waals surface area contributed by atoms with Gasteiger partial charge in [-0.3, -0.25) is 9.59 Å². The fourth-order valence-corrected chi connectivity index (χ4v) is 1.09. The molecule has 0 atom stereocenters. The van der Waals surface area contributed by atoms with Gasteiger partial charge in [0.25, 0.3) is 0 Å². The smallest absolute Gasteiger partial charge is 0.310 e. The Kier molecular flexibility index (Phi) is 3.49. The summed E-state index contributed by atoms with van der Waals surface area (Å²) in [6.07, 6.45) is -0.272. The molecule has 5 heteroatoms. The molecule has 0 aromatic heterocycles. The highest BCUT2D eigenvalue weighted by atomic mass is 19.1. The molecule has 0 amide bonds. The lowest BCUT2D eigenvalue weighted by Crippen LogP contribution is -2.09. The second-order valence-electron chi connectivity index (χ2n) is 2.80. The van der Waals surface area contributed by atoms with Gasteiger partial charge >= 0.3 is 5.97 Å². The Morgan fingerprint density at radius 3 is 2.67 bits per heavy atom. The zero-order chi connectivity index (χ0) is 11.4. The highest BCUT2D eigenvalue weighted by molar-refractivity contribution is 5.77. The third-order valence-electron chi connectivity index (χ3n) is 1.89. The number of carbonyl (C=O) groups is 2. The minimum absolute atomic E-state index is 0.259. The van der Waals surface area contributed by atoms with Gasteiger partial charge in [-0.05, 0) is 12.1 Å². The molecule has 0 aliphatic rings. The summed E-state index contributed by atoms with van der Waals surface area (Å²) >= 11 is 0. The summed E-state index contributed by atoms with van der Waals surface area (Å²) in [5.74, 6) is -2.66. The molecule has 0 aliphatic carbocycles.